The van der Waals surface area contributed by atoms with E-state index in [1.54, 1.807) is 4.90 Å². The van der Waals surface area contributed by atoms with Gasteiger partial charge in [-0.25, -0.2) is 0 Å². The number of carbonyl (C=O) groups excluding carboxylic acids is 2. The molecule has 4 nitrogen and oxygen atoms in total. The summed E-state index contributed by atoms with van der Waals surface area (Å²) in [5.41, 5.74) is 0. The summed E-state index contributed by atoms with van der Waals surface area (Å²) in [7, 11) is 0. The van der Waals surface area contributed by atoms with Gasteiger partial charge in [-0.2, -0.15) is 0 Å². The van der Waals surface area contributed by atoms with Gasteiger partial charge < -0.3 is 4.90 Å². The Bertz CT molecular complexity index is 485. The standard InChI is InChI=1S/C19H30N2O2.2C2H6/c1-3-5-9-15(7-4-2)21-18(22)16-10-6-8-14(13-20-11-12-20)17(16)19(21)23;2*1-2/h6,8,14-17H,3-5,7,9-13H2,1-2H3;2*1-2H3. The fourth-order valence-corrected chi connectivity index (χ4v) is 4.28. The van der Waals surface area contributed by atoms with Crippen molar-refractivity contribution in [2.24, 2.45) is 17.8 Å². The van der Waals surface area contributed by atoms with Gasteiger partial charge in [0, 0.05) is 31.6 Å². The Morgan fingerprint density at radius 1 is 1.00 bits per heavy atom. The minimum absolute atomic E-state index is 0.0987. The van der Waals surface area contributed by atoms with Crippen LogP contribution in [-0.2, 0) is 9.59 Å². The molecule has 0 aromatic carbocycles. The maximum absolute atomic E-state index is 13.1. The van der Waals surface area contributed by atoms with E-state index in [2.05, 4.69) is 30.9 Å². The van der Waals surface area contributed by atoms with Crippen molar-refractivity contribution in [3.05, 3.63) is 12.2 Å². The topological polar surface area (TPSA) is 40.4 Å². The molecule has 2 aliphatic heterocycles. The van der Waals surface area contributed by atoms with E-state index in [4.69, 9.17) is 0 Å². The van der Waals surface area contributed by atoms with Crippen LogP contribution in [-0.4, -0.2) is 47.3 Å². The molecule has 4 atom stereocenters. The van der Waals surface area contributed by atoms with Crippen LogP contribution < -0.4 is 0 Å². The number of likely N-dealkylation sites (tertiary alicyclic amines) is 1. The third-order valence-corrected chi connectivity index (χ3v) is 5.63. The molecule has 0 spiro atoms. The third kappa shape index (κ3) is 5.91. The molecule has 0 N–H and O–H groups in total. The lowest BCUT2D eigenvalue weighted by molar-refractivity contribution is -0.143. The van der Waals surface area contributed by atoms with Gasteiger partial charge in [0.15, 0.2) is 0 Å². The summed E-state index contributed by atoms with van der Waals surface area (Å²) in [5.74, 6) is 0.249. The van der Waals surface area contributed by atoms with Crippen molar-refractivity contribution in [3.8, 4) is 0 Å². The summed E-state index contributed by atoms with van der Waals surface area (Å²) in [5, 5.41) is 0. The summed E-state index contributed by atoms with van der Waals surface area (Å²) in [6.07, 6.45) is 10.2. The molecule has 0 saturated carbocycles. The smallest absolute Gasteiger partial charge is 0.234 e. The van der Waals surface area contributed by atoms with Gasteiger partial charge in [0.05, 0.1) is 11.8 Å². The summed E-state index contributed by atoms with van der Waals surface area (Å²) in [6.45, 7) is 15.5. The maximum Gasteiger partial charge on any atom is 0.234 e. The zero-order valence-corrected chi connectivity index (χ0v) is 18.5. The number of allylic oxidation sites excluding steroid dienone is 1. The molecule has 3 aliphatic rings. The van der Waals surface area contributed by atoms with Crippen LogP contribution in [0.3, 0.4) is 0 Å². The van der Waals surface area contributed by atoms with Gasteiger partial charge in [-0.1, -0.05) is 73.0 Å². The number of imide groups is 1. The second-order valence-corrected chi connectivity index (χ2v) is 7.39. The van der Waals surface area contributed by atoms with E-state index >= 15 is 0 Å². The van der Waals surface area contributed by atoms with Crippen molar-refractivity contribution < 1.29 is 9.59 Å². The van der Waals surface area contributed by atoms with Gasteiger partial charge in [0.1, 0.15) is 0 Å². The van der Waals surface area contributed by atoms with Crippen LogP contribution in [0.2, 0.25) is 0 Å². The van der Waals surface area contributed by atoms with Crippen LogP contribution in [0, 0.1) is 17.8 Å². The molecule has 156 valence electrons. The van der Waals surface area contributed by atoms with Crippen molar-refractivity contribution >= 4 is 11.8 Å². The molecule has 4 heteroatoms. The van der Waals surface area contributed by atoms with E-state index < -0.39 is 0 Å². The van der Waals surface area contributed by atoms with Crippen LogP contribution in [0.5, 0.6) is 0 Å². The molecule has 2 fully saturated rings. The predicted octanol–water partition coefficient (Wildman–Crippen LogP) is 4.89. The molecule has 2 heterocycles. The summed E-state index contributed by atoms with van der Waals surface area (Å²) >= 11 is 0. The molecule has 3 rings (SSSR count). The first kappa shape index (κ1) is 23.9. The molecule has 0 aromatic heterocycles. The van der Waals surface area contributed by atoms with E-state index in [1.165, 1.54) is 0 Å². The van der Waals surface area contributed by atoms with E-state index in [9.17, 15) is 9.59 Å². The van der Waals surface area contributed by atoms with E-state index in [1.807, 2.05) is 27.7 Å². The molecule has 0 aromatic rings. The average Bonchev–Trinajstić information content (AvgIpc) is 3.48. The van der Waals surface area contributed by atoms with E-state index in [0.29, 0.717) is 0 Å². The van der Waals surface area contributed by atoms with Crippen LogP contribution >= 0.6 is 0 Å². The lowest BCUT2D eigenvalue weighted by Gasteiger charge is -2.28. The fraction of sp³-hybridized carbons (Fsp3) is 0.826. The summed E-state index contributed by atoms with van der Waals surface area (Å²) in [6, 6.07) is 0.118. The van der Waals surface area contributed by atoms with Gasteiger partial charge in [0.25, 0.3) is 0 Å². The normalized spacial score (nSPS) is 27.3. The van der Waals surface area contributed by atoms with Crippen LogP contribution in [0.15, 0.2) is 12.2 Å². The Morgan fingerprint density at radius 3 is 2.22 bits per heavy atom. The first-order valence-electron chi connectivity index (χ1n) is 11.4. The maximum atomic E-state index is 13.1. The molecule has 27 heavy (non-hydrogen) atoms. The second kappa shape index (κ2) is 12.3. The highest BCUT2D eigenvalue weighted by Gasteiger charge is 2.52. The molecular weight excluding hydrogens is 336 g/mol. The molecule has 1 aliphatic carbocycles. The zero-order chi connectivity index (χ0) is 20.4. The van der Waals surface area contributed by atoms with E-state index in [0.717, 1.165) is 58.2 Å². The monoisotopic (exact) mass is 378 g/mol. The van der Waals surface area contributed by atoms with Crippen molar-refractivity contribution in [2.45, 2.75) is 86.1 Å². The highest BCUT2D eigenvalue weighted by molar-refractivity contribution is 6.06. The first-order valence-corrected chi connectivity index (χ1v) is 11.4. The van der Waals surface area contributed by atoms with Crippen LogP contribution in [0.25, 0.3) is 0 Å². The quantitative estimate of drug-likeness (QED) is 0.343. The number of carbonyl (C=O) groups is 2. The first-order chi connectivity index (χ1) is 13.2. The number of amides is 2. The van der Waals surface area contributed by atoms with Gasteiger partial charge in [-0.05, 0) is 19.3 Å². The fourth-order valence-electron chi connectivity index (χ4n) is 4.28. The second-order valence-electron chi connectivity index (χ2n) is 7.39. The molecule has 0 bridgehead atoms. The molecule has 4 unspecified atom stereocenters. The van der Waals surface area contributed by atoms with Crippen molar-refractivity contribution in [3.63, 3.8) is 0 Å². The minimum atomic E-state index is -0.103. The minimum Gasteiger partial charge on any atom is -0.300 e. The predicted molar refractivity (Wildman–Crippen MR) is 113 cm³/mol. The zero-order valence-electron chi connectivity index (χ0n) is 18.5. The van der Waals surface area contributed by atoms with Crippen molar-refractivity contribution in [1.29, 1.82) is 0 Å². The highest BCUT2D eigenvalue weighted by atomic mass is 16.2. The lowest BCUT2D eigenvalue weighted by Crippen LogP contribution is -2.41. The Kier molecular flexibility index (Phi) is 10.9. The van der Waals surface area contributed by atoms with Crippen LogP contribution in [0.4, 0.5) is 0 Å². The van der Waals surface area contributed by atoms with Gasteiger partial charge >= 0.3 is 0 Å². The van der Waals surface area contributed by atoms with Gasteiger partial charge in [-0.15, -0.1) is 0 Å². The molecule has 2 saturated heterocycles. The Hall–Kier alpha value is -1.16. The van der Waals surface area contributed by atoms with Crippen LogP contribution in [0.1, 0.15) is 80.1 Å². The third-order valence-electron chi connectivity index (χ3n) is 5.63. The SMILES string of the molecule is CC.CC.CCCCC(CCC)N1C(=O)C2CC=CC(CN3CC3)C2C1=O. The largest absolute Gasteiger partial charge is 0.300 e. The Morgan fingerprint density at radius 2 is 1.67 bits per heavy atom. The Balaban J connectivity index is 0.000000855. The molecule has 2 amide bonds. The number of hydrogen-bond acceptors (Lipinski definition) is 3. The van der Waals surface area contributed by atoms with Crippen molar-refractivity contribution in [2.75, 3.05) is 19.6 Å². The van der Waals surface area contributed by atoms with Crippen molar-refractivity contribution in [1.82, 2.24) is 9.80 Å². The molecule has 0 radical (unpaired) electrons. The average molecular weight is 379 g/mol. The van der Waals surface area contributed by atoms with Gasteiger partial charge in [-0.3, -0.25) is 14.5 Å². The number of rotatable bonds is 8. The highest BCUT2D eigenvalue weighted by Crippen LogP contribution is 2.41. The van der Waals surface area contributed by atoms with Gasteiger partial charge in [0.2, 0.25) is 11.8 Å². The molecular formula is C23H42N2O2. The number of hydrogen-bond donors (Lipinski definition) is 0. The Labute approximate surface area is 167 Å². The number of nitrogens with zero attached hydrogens (tertiary/aromatic N) is 2. The number of unbranched alkanes of at least 4 members (excludes halogenated alkanes) is 1. The lowest BCUT2D eigenvalue weighted by atomic mass is 9.77. The summed E-state index contributed by atoms with van der Waals surface area (Å²) in [4.78, 5) is 30.1. The summed E-state index contributed by atoms with van der Waals surface area (Å²) < 4.78 is 0. The van der Waals surface area contributed by atoms with E-state index in [-0.39, 0.29) is 35.6 Å². The number of fused-ring (bicyclic) bond motifs is 1.